The van der Waals surface area contributed by atoms with Gasteiger partial charge in [0.2, 0.25) is 0 Å². The van der Waals surface area contributed by atoms with Crippen molar-refractivity contribution in [1.82, 2.24) is 19.5 Å². The second-order valence-electron chi connectivity index (χ2n) is 10.0. The number of para-hydroxylation sites is 2. The van der Waals surface area contributed by atoms with Crippen molar-refractivity contribution in [1.29, 1.82) is 0 Å². The molecule has 43 heavy (non-hydrogen) atoms. The predicted molar refractivity (Wildman–Crippen MR) is 176 cm³/mol. The van der Waals surface area contributed by atoms with Gasteiger partial charge in [-0.25, -0.2) is 15.0 Å². The maximum Gasteiger partial charge on any atom is 0.164 e. The molecule has 202 valence electrons. The zero-order valence-corrected chi connectivity index (χ0v) is 22.8. The summed E-state index contributed by atoms with van der Waals surface area (Å²) in [6, 6.07) is 36.8. The van der Waals surface area contributed by atoms with E-state index in [9.17, 15) is 0 Å². The summed E-state index contributed by atoms with van der Waals surface area (Å²) >= 11 is 0. The Morgan fingerprint density at radius 1 is 0.442 bits per heavy atom. The van der Waals surface area contributed by atoms with Crippen molar-refractivity contribution < 1.29 is 8.22 Å². The summed E-state index contributed by atoms with van der Waals surface area (Å²) in [5.74, 6) is 1.41. The number of nitrogens with zero attached hydrogens (tertiary/aromatic N) is 4. The third-order valence-electron chi connectivity index (χ3n) is 7.41. The van der Waals surface area contributed by atoms with Gasteiger partial charge in [-0.05, 0) is 23.7 Å². The van der Waals surface area contributed by atoms with Crippen LogP contribution >= 0.6 is 0 Å². The fourth-order valence-corrected chi connectivity index (χ4v) is 5.41. The van der Waals surface area contributed by atoms with E-state index < -0.39 is 0 Å². The number of hydrogen-bond acceptors (Lipinski definition) is 3. The molecule has 4 heteroatoms. The van der Waals surface area contributed by atoms with Crippen molar-refractivity contribution in [2.45, 2.75) is 0 Å². The second-order valence-corrected chi connectivity index (χ2v) is 10.0. The zero-order valence-electron chi connectivity index (χ0n) is 28.8. The normalized spacial score (nSPS) is 13.2. The fourth-order valence-electron chi connectivity index (χ4n) is 5.41. The third-order valence-corrected chi connectivity index (χ3v) is 7.41. The maximum absolute atomic E-state index is 9.03. The Balaban J connectivity index is 1.49. The molecule has 0 aliphatic heterocycles. The van der Waals surface area contributed by atoms with E-state index in [-0.39, 0.29) is 58.1 Å². The average molecular weight is 557 g/mol. The van der Waals surface area contributed by atoms with Crippen molar-refractivity contribution in [2.75, 3.05) is 0 Å². The summed E-state index contributed by atoms with van der Waals surface area (Å²) in [4.78, 5) is 14.7. The largest absolute Gasteiger partial charge is 0.309 e. The van der Waals surface area contributed by atoms with Crippen LogP contribution in [-0.4, -0.2) is 19.5 Å². The molecule has 8 aromatic rings. The van der Waals surface area contributed by atoms with Crippen molar-refractivity contribution >= 4 is 21.8 Å². The van der Waals surface area contributed by atoms with Crippen LogP contribution in [0.2, 0.25) is 0 Å². The monoisotopic (exact) mass is 556 g/mol. The number of hydrogen-bond donors (Lipinski definition) is 0. The Morgan fingerprint density at radius 3 is 1.42 bits per heavy atom. The van der Waals surface area contributed by atoms with E-state index in [0.29, 0.717) is 28.7 Å². The Hall–Kier alpha value is -5.87. The molecule has 6 aromatic carbocycles. The predicted octanol–water partition coefficient (Wildman–Crippen LogP) is 9.64. The van der Waals surface area contributed by atoms with Crippen molar-refractivity contribution in [3.05, 3.63) is 158 Å². The second kappa shape index (κ2) is 10.5. The minimum absolute atomic E-state index is 0.0279. The summed E-state index contributed by atoms with van der Waals surface area (Å²) in [6.07, 6.45) is 0. The van der Waals surface area contributed by atoms with Crippen molar-refractivity contribution in [2.24, 2.45) is 0 Å². The van der Waals surface area contributed by atoms with Gasteiger partial charge in [-0.3, -0.25) is 0 Å². The van der Waals surface area contributed by atoms with E-state index in [2.05, 4.69) is 0 Å². The highest BCUT2D eigenvalue weighted by Gasteiger charge is 2.18. The van der Waals surface area contributed by atoms with Crippen molar-refractivity contribution in [3.8, 4) is 51.0 Å². The molecule has 0 fully saturated rings. The Bertz CT molecular complexity index is 2430. The summed E-state index contributed by atoms with van der Waals surface area (Å²) in [7, 11) is 0. The molecule has 0 spiro atoms. The van der Waals surface area contributed by atoms with E-state index in [4.69, 9.17) is 23.2 Å². The molecule has 0 N–H and O–H groups in total. The highest BCUT2D eigenvalue weighted by Crippen LogP contribution is 2.38. The molecule has 0 bridgehead atoms. The zero-order chi connectivity index (χ0) is 33.8. The van der Waals surface area contributed by atoms with Crippen LogP contribution in [0.25, 0.3) is 72.8 Å². The lowest BCUT2D eigenvalue weighted by molar-refractivity contribution is 1.07. The van der Waals surface area contributed by atoms with Crippen molar-refractivity contribution in [3.63, 3.8) is 0 Å². The maximum atomic E-state index is 9.03. The van der Waals surface area contributed by atoms with Gasteiger partial charge in [0.1, 0.15) is 0 Å². The lowest BCUT2D eigenvalue weighted by Crippen LogP contribution is -2.02. The molecule has 0 aliphatic rings. The summed E-state index contributed by atoms with van der Waals surface area (Å²) in [5.41, 5.74) is 5.07. The van der Waals surface area contributed by atoms with Gasteiger partial charge in [-0.15, -0.1) is 0 Å². The van der Waals surface area contributed by atoms with Gasteiger partial charge in [0.15, 0.2) is 17.5 Å². The van der Waals surface area contributed by atoms with Gasteiger partial charge in [0, 0.05) is 33.0 Å². The molecule has 2 heterocycles. The molecule has 4 nitrogen and oxygen atoms in total. The van der Waals surface area contributed by atoms with E-state index in [0.717, 1.165) is 22.3 Å². The third kappa shape index (κ3) is 4.46. The van der Waals surface area contributed by atoms with Gasteiger partial charge < -0.3 is 4.57 Å². The first kappa shape index (κ1) is 19.3. The molecule has 0 saturated carbocycles. The van der Waals surface area contributed by atoms with Crippen LogP contribution < -0.4 is 0 Å². The first-order valence-electron chi connectivity index (χ1n) is 16.9. The molecule has 8 rings (SSSR count). The highest BCUT2D eigenvalue weighted by molar-refractivity contribution is 6.09. The molecule has 0 aliphatic carbocycles. The lowest BCUT2D eigenvalue weighted by Gasteiger charge is -2.16. The first-order chi connectivity index (χ1) is 23.8. The van der Waals surface area contributed by atoms with Gasteiger partial charge in [-0.2, -0.15) is 0 Å². The van der Waals surface area contributed by atoms with Gasteiger partial charge in [0.05, 0.1) is 24.9 Å². The Kier molecular flexibility index (Phi) is 4.71. The quantitative estimate of drug-likeness (QED) is 0.212. The molecule has 0 atom stereocenters. The molecular formula is C39H26N4. The van der Waals surface area contributed by atoms with E-state index in [1.807, 2.05) is 109 Å². The van der Waals surface area contributed by atoms with Gasteiger partial charge >= 0.3 is 0 Å². The Morgan fingerprint density at radius 2 is 0.907 bits per heavy atom. The minimum atomic E-state index is -0.165. The Labute approximate surface area is 258 Å². The molecular weight excluding hydrogens is 524 g/mol. The number of rotatable bonds is 5. The average Bonchev–Trinajstić information content (AvgIpc) is 3.51. The molecule has 0 saturated heterocycles. The van der Waals surface area contributed by atoms with Gasteiger partial charge in [0.25, 0.3) is 0 Å². The summed E-state index contributed by atoms with van der Waals surface area (Å²) in [6.45, 7) is 0. The fraction of sp³-hybridized carbons (Fsp3) is 0. The standard InChI is InChI=1S/C39H26N4/c1-4-14-27(15-5-1)31-25-24-30(26-36(31)43-34-22-12-10-20-32(34)33-21-11-13-23-35(33)43)39-41-37(28-16-6-2-7-17-28)40-38(42-39)29-18-8-3-9-19-29/h1-26H/i10D,11D,20D,21D,22D,23D. The lowest BCUT2D eigenvalue weighted by atomic mass is 10.0. The van der Waals surface area contributed by atoms with Crippen LogP contribution in [-0.2, 0) is 0 Å². The summed E-state index contributed by atoms with van der Waals surface area (Å²) in [5, 5.41) is 0.393. The molecule has 0 unspecified atom stereocenters. The van der Waals surface area contributed by atoms with E-state index in [1.165, 1.54) is 12.1 Å². The van der Waals surface area contributed by atoms with Crippen LogP contribution in [0.4, 0.5) is 0 Å². The molecule has 2 aromatic heterocycles. The number of aromatic nitrogens is 4. The van der Waals surface area contributed by atoms with Gasteiger partial charge in [-0.1, -0.05) is 139 Å². The van der Waals surface area contributed by atoms with Crippen LogP contribution in [0.15, 0.2) is 158 Å². The van der Waals surface area contributed by atoms with Crippen LogP contribution in [0.5, 0.6) is 0 Å². The SMILES string of the molecule is [2H]c1cc([2H])c2c(c1[2H])c1c([2H])c([2H])cc([2H])c1n2-c1cc(-c2nc(-c3ccccc3)nc(-c3ccccc3)n2)ccc1-c1ccccc1. The smallest absolute Gasteiger partial charge is 0.164 e. The topological polar surface area (TPSA) is 43.6 Å². The minimum Gasteiger partial charge on any atom is -0.309 e. The van der Waals surface area contributed by atoms with E-state index in [1.54, 1.807) is 4.57 Å². The first-order valence-corrected chi connectivity index (χ1v) is 13.9. The molecule has 0 amide bonds. The number of fused-ring (bicyclic) bond motifs is 3. The van der Waals surface area contributed by atoms with E-state index >= 15 is 0 Å². The number of benzene rings is 6. The molecule has 0 radical (unpaired) electrons. The highest BCUT2D eigenvalue weighted by atomic mass is 15.0. The van der Waals surface area contributed by atoms with Crippen LogP contribution in [0.1, 0.15) is 8.22 Å². The summed E-state index contributed by atoms with van der Waals surface area (Å²) < 4.78 is 54.4. The van der Waals surface area contributed by atoms with Crippen LogP contribution in [0, 0.1) is 0 Å². The van der Waals surface area contributed by atoms with Crippen LogP contribution in [0.3, 0.4) is 0 Å².